The molecule has 0 aromatic heterocycles. The van der Waals surface area contributed by atoms with Crippen LogP contribution in [0, 0.1) is 0 Å². The number of aliphatic hydroxyl groups excluding tert-OH is 4. The van der Waals surface area contributed by atoms with Crippen LogP contribution >= 0.6 is 7.82 Å². The molecule has 0 amide bonds. The smallest absolute Gasteiger partial charge is 0.394 e. The normalized spacial score (nSPS) is 41.0. The molecule has 0 saturated carbocycles. The first-order valence-electron chi connectivity index (χ1n) is 4.30. The van der Waals surface area contributed by atoms with Gasteiger partial charge in [-0.05, 0) is 0 Å². The average molecular weight is 260 g/mol. The molecule has 1 fully saturated rings. The molecule has 0 radical (unpaired) electrons. The fourth-order valence-electron chi connectivity index (χ4n) is 1.29. The Hall–Kier alpha value is -0.0900. The molecule has 0 bridgehead atoms. The predicted molar refractivity (Wildman–Crippen MR) is 46.9 cm³/mol. The van der Waals surface area contributed by atoms with Gasteiger partial charge in [0.2, 0.25) is 0 Å². The van der Waals surface area contributed by atoms with Crippen LogP contribution in [0.3, 0.4) is 0 Å². The second-order valence-electron chi connectivity index (χ2n) is 3.29. The van der Waals surface area contributed by atoms with E-state index < -0.39 is 45.1 Å². The van der Waals surface area contributed by atoms with Crippen LogP contribution in [0.5, 0.6) is 0 Å². The molecule has 1 rings (SSSR count). The monoisotopic (exact) mass is 260 g/mol. The molecule has 6 N–H and O–H groups in total. The quantitative estimate of drug-likeness (QED) is 0.289. The number of phosphoric acid groups is 1. The topological polar surface area (TPSA) is 157 Å². The van der Waals surface area contributed by atoms with Crippen molar-refractivity contribution in [2.24, 2.45) is 0 Å². The van der Waals surface area contributed by atoms with E-state index in [1.54, 1.807) is 0 Å². The van der Waals surface area contributed by atoms with Crippen LogP contribution < -0.4 is 0 Å². The lowest BCUT2D eigenvalue weighted by Gasteiger charge is -2.39. The van der Waals surface area contributed by atoms with Crippen LogP contribution in [-0.2, 0) is 13.8 Å². The van der Waals surface area contributed by atoms with Crippen LogP contribution in [0.1, 0.15) is 0 Å². The van der Waals surface area contributed by atoms with Crippen molar-refractivity contribution < 1.29 is 44.0 Å². The van der Waals surface area contributed by atoms with E-state index in [0.717, 1.165) is 0 Å². The predicted octanol–water partition coefficient (Wildman–Crippen LogP) is -3.10. The molecule has 0 aromatic rings. The number of aliphatic hydroxyl groups is 4. The Bertz CT molecular complexity index is 275. The minimum absolute atomic E-state index is 0.702. The van der Waals surface area contributed by atoms with Crippen molar-refractivity contribution in [1.29, 1.82) is 0 Å². The molecule has 1 heterocycles. The van der Waals surface area contributed by atoms with Crippen molar-refractivity contribution in [3.05, 3.63) is 0 Å². The second kappa shape index (κ2) is 5.05. The standard InChI is InChI=1S/C6H13O9P/c7-1-2-3(8)4(9)5(10)6(14-2)15-16(11,12)13/h2-10H,1H2,(H2,11,12,13)/t2?,3-,4-,5?,6+/m1/s1. The fraction of sp³-hybridized carbons (Fsp3) is 1.00. The maximum absolute atomic E-state index is 10.5. The Morgan fingerprint density at radius 2 is 1.69 bits per heavy atom. The first-order chi connectivity index (χ1) is 7.26. The molecular formula is C6H13O9P. The zero-order valence-electron chi connectivity index (χ0n) is 7.95. The Balaban J connectivity index is 2.75. The van der Waals surface area contributed by atoms with Crippen molar-refractivity contribution in [3.63, 3.8) is 0 Å². The van der Waals surface area contributed by atoms with E-state index in [2.05, 4.69) is 9.26 Å². The van der Waals surface area contributed by atoms with E-state index in [1.165, 1.54) is 0 Å². The summed E-state index contributed by atoms with van der Waals surface area (Å²) in [7, 11) is -4.91. The zero-order chi connectivity index (χ0) is 12.5. The van der Waals surface area contributed by atoms with Crippen LogP contribution in [0.4, 0.5) is 0 Å². The third kappa shape index (κ3) is 3.20. The molecule has 5 atom stereocenters. The van der Waals surface area contributed by atoms with Gasteiger partial charge in [0.1, 0.15) is 24.4 Å². The van der Waals surface area contributed by atoms with E-state index in [9.17, 15) is 19.9 Å². The highest BCUT2D eigenvalue weighted by Gasteiger charge is 2.46. The molecule has 9 nitrogen and oxygen atoms in total. The summed E-state index contributed by atoms with van der Waals surface area (Å²) in [5.41, 5.74) is 0. The molecule has 1 aliphatic heterocycles. The first-order valence-corrected chi connectivity index (χ1v) is 5.83. The summed E-state index contributed by atoms with van der Waals surface area (Å²) in [6.07, 6.45) is -8.25. The van der Waals surface area contributed by atoms with Gasteiger partial charge in [-0.25, -0.2) is 4.57 Å². The highest BCUT2D eigenvalue weighted by Crippen LogP contribution is 2.40. The van der Waals surface area contributed by atoms with Gasteiger partial charge >= 0.3 is 7.82 Å². The average Bonchev–Trinajstić information content (AvgIpc) is 2.17. The van der Waals surface area contributed by atoms with E-state index in [-0.39, 0.29) is 0 Å². The Kier molecular flexibility index (Phi) is 4.41. The highest BCUT2D eigenvalue weighted by molar-refractivity contribution is 7.46. The van der Waals surface area contributed by atoms with Gasteiger partial charge in [-0.2, -0.15) is 0 Å². The summed E-state index contributed by atoms with van der Waals surface area (Å²) in [6.45, 7) is -0.702. The summed E-state index contributed by atoms with van der Waals surface area (Å²) in [5.74, 6) is 0. The van der Waals surface area contributed by atoms with Crippen LogP contribution in [0.25, 0.3) is 0 Å². The number of phosphoric ester groups is 1. The van der Waals surface area contributed by atoms with E-state index in [0.29, 0.717) is 0 Å². The lowest BCUT2D eigenvalue weighted by Crippen LogP contribution is -2.58. The van der Waals surface area contributed by atoms with Gasteiger partial charge in [0.25, 0.3) is 0 Å². The minimum Gasteiger partial charge on any atom is -0.394 e. The van der Waals surface area contributed by atoms with Gasteiger partial charge in [0.05, 0.1) is 6.61 Å². The Morgan fingerprint density at radius 3 is 2.12 bits per heavy atom. The summed E-state index contributed by atoms with van der Waals surface area (Å²) >= 11 is 0. The molecule has 1 aliphatic rings. The van der Waals surface area contributed by atoms with Gasteiger partial charge in [-0.3, -0.25) is 4.52 Å². The van der Waals surface area contributed by atoms with Crippen molar-refractivity contribution >= 4 is 7.82 Å². The Morgan fingerprint density at radius 1 is 1.12 bits per heavy atom. The van der Waals surface area contributed by atoms with E-state index in [1.807, 2.05) is 0 Å². The number of ether oxygens (including phenoxy) is 1. The summed E-state index contributed by atoms with van der Waals surface area (Å²) in [5, 5.41) is 36.6. The molecule has 0 spiro atoms. The van der Waals surface area contributed by atoms with Gasteiger partial charge in [0.15, 0.2) is 6.29 Å². The molecule has 2 unspecified atom stereocenters. The SMILES string of the molecule is O=P(O)(O)O[C@@H]1OC(CO)[C@@H](O)[C@@H](O)C1O. The van der Waals surface area contributed by atoms with Crippen LogP contribution in [0.15, 0.2) is 0 Å². The van der Waals surface area contributed by atoms with Gasteiger partial charge < -0.3 is 34.9 Å². The second-order valence-corrected chi connectivity index (χ2v) is 4.49. The van der Waals surface area contributed by atoms with Gasteiger partial charge in [0, 0.05) is 0 Å². The highest BCUT2D eigenvalue weighted by atomic mass is 31.2. The maximum atomic E-state index is 10.5. The van der Waals surface area contributed by atoms with E-state index >= 15 is 0 Å². The van der Waals surface area contributed by atoms with E-state index in [4.69, 9.17) is 14.9 Å². The summed E-state index contributed by atoms with van der Waals surface area (Å²) in [6, 6.07) is 0. The maximum Gasteiger partial charge on any atom is 0.472 e. The molecule has 16 heavy (non-hydrogen) atoms. The number of hydrogen-bond donors (Lipinski definition) is 6. The third-order valence-corrected chi connectivity index (χ3v) is 2.57. The number of hydrogen-bond acceptors (Lipinski definition) is 7. The molecule has 0 aromatic carbocycles. The molecular weight excluding hydrogens is 247 g/mol. The van der Waals surface area contributed by atoms with Crippen molar-refractivity contribution in [3.8, 4) is 0 Å². The summed E-state index contributed by atoms with van der Waals surface area (Å²) < 4.78 is 19.2. The molecule has 1 saturated heterocycles. The molecule has 0 aliphatic carbocycles. The van der Waals surface area contributed by atoms with Crippen molar-refractivity contribution in [1.82, 2.24) is 0 Å². The Labute approximate surface area is 90.1 Å². The van der Waals surface area contributed by atoms with Crippen LogP contribution in [0.2, 0.25) is 0 Å². The lowest BCUT2D eigenvalue weighted by molar-refractivity contribution is -0.280. The lowest BCUT2D eigenvalue weighted by atomic mass is 10.00. The zero-order valence-corrected chi connectivity index (χ0v) is 8.84. The van der Waals surface area contributed by atoms with Gasteiger partial charge in [-0.15, -0.1) is 0 Å². The van der Waals surface area contributed by atoms with Crippen molar-refractivity contribution in [2.45, 2.75) is 30.7 Å². The minimum atomic E-state index is -4.91. The number of rotatable bonds is 3. The van der Waals surface area contributed by atoms with Gasteiger partial charge in [-0.1, -0.05) is 0 Å². The fourth-order valence-corrected chi connectivity index (χ4v) is 1.73. The molecule has 96 valence electrons. The summed E-state index contributed by atoms with van der Waals surface area (Å²) in [4.78, 5) is 17.0. The largest absolute Gasteiger partial charge is 0.472 e. The van der Waals surface area contributed by atoms with Crippen LogP contribution in [-0.4, -0.2) is 67.5 Å². The third-order valence-electron chi connectivity index (χ3n) is 2.09. The molecule has 10 heteroatoms. The first kappa shape index (κ1) is 14.0. The van der Waals surface area contributed by atoms with Crippen molar-refractivity contribution in [2.75, 3.05) is 6.61 Å².